The molecule has 1 atom stereocenters. The van der Waals surface area contributed by atoms with Gasteiger partial charge >= 0.3 is 6.09 Å². The van der Waals surface area contributed by atoms with E-state index in [1.54, 1.807) is 39.0 Å². The number of hydrogen-bond acceptors (Lipinski definition) is 3. The van der Waals surface area contributed by atoms with Gasteiger partial charge in [-0.1, -0.05) is 18.2 Å². The Morgan fingerprint density at radius 2 is 2.04 bits per heavy atom. The lowest BCUT2D eigenvalue weighted by Gasteiger charge is -2.28. The number of ether oxygens (including phenoxy) is 1. The van der Waals surface area contributed by atoms with Crippen LogP contribution in [0.25, 0.3) is 0 Å². The number of carbonyl (C=O) groups excluding carboxylic acids is 2. The molecule has 0 bridgehead atoms. The van der Waals surface area contributed by atoms with Crippen molar-refractivity contribution in [2.75, 3.05) is 6.54 Å². The van der Waals surface area contributed by atoms with E-state index in [0.717, 1.165) is 6.42 Å². The molecule has 6 heteroatoms. The van der Waals surface area contributed by atoms with Crippen molar-refractivity contribution in [1.29, 1.82) is 0 Å². The van der Waals surface area contributed by atoms with E-state index in [-0.39, 0.29) is 18.3 Å². The lowest BCUT2D eigenvalue weighted by atomic mass is 10.2. The summed E-state index contributed by atoms with van der Waals surface area (Å²) in [4.78, 5) is 25.9. The van der Waals surface area contributed by atoms with Crippen molar-refractivity contribution in [3.8, 4) is 0 Å². The Bertz CT molecular complexity index is 583. The van der Waals surface area contributed by atoms with Gasteiger partial charge in [-0.2, -0.15) is 0 Å². The topological polar surface area (TPSA) is 58.6 Å². The van der Waals surface area contributed by atoms with Gasteiger partial charge in [0.15, 0.2) is 0 Å². The van der Waals surface area contributed by atoms with Gasteiger partial charge in [0.25, 0.3) is 0 Å². The second kappa shape index (κ2) is 6.98. The Kier molecular flexibility index (Phi) is 5.23. The van der Waals surface area contributed by atoms with Crippen LogP contribution in [-0.2, 0) is 16.1 Å². The van der Waals surface area contributed by atoms with E-state index in [0.29, 0.717) is 18.5 Å². The average Bonchev–Trinajstić information content (AvgIpc) is 2.94. The molecule has 1 aromatic carbocycles. The van der Waals surface area contributed by atoms with Crippen LogP contribution < -0.4 is 5.32 Å². The van der Waals surface area contributed by atoms with Crippen molar-refractivity contribution in [3.63, 3.8) is 0 Å². The molecule has 0 aliphatic carbocycles. The molecule has 0 radical (unpaired) electrons. The third kappa shape index (κ3) is 4.68. The second-order valence-corrected chi connectivity index (χ2v) is 6.64. The molecule has 0 spiro atoms. The second-order valence-electron chi connectivity index (χ2n) is 6.64. The van der Waals surface area contributed by atoms with E-state index in [2.05, 4.69) is 5.32 Å². The molecule has 1 fully saturated rings. The molecule has 0 saturated carbocycles. The summed E-state index contributed by atoms with van der Waals surface area (Å²) in [6, 6.07) is 5.73. The summed E-state index contributed by atoms with van der Waals surface area (Å²) in [5.74, 6) is -0.639. The number of nitrogens with one attached hydrogen (secondary N) is 1. The molecule has 2 amide bonds. The quantitative estimate of drug-likeness (QED) is 0.931. The van der Waals surface area contributed by atoms with Gasteiger partial charge in [-0.3, -0.25) is 9.69 Å². The zero-order valence-corrected chi connectivity index (χ0v) is 13.8. The molecule has 2 rings (SSSR count). The van der Waals surface area contributed by atoms with Crippen LogP contribution in [0.4, 0.5) is 9.18 Å². The van der Waals surface area contributed by atoms with Crippen LogP contribution in [0.1, 0.15) is 39.2 Å². The van der Waals surface area contributed by atoms with Crippen molar-refractivity contribution in [2.45, 2.75) is 51.8 Å². The minimum absolute atomic E-state index is 0.101. The van der Waals surface area contributed by atoms with Crippen molar-refractivity contribution >= 4 is 12.0 Å². The highest BCUT2D eigenvalue weighted by Gasteiger charge is 2.36. The Labute approximate surface area is 135 Å². The van der Waals surface area contributed by atoms with Gasteiger partial charge in [0, 0.05) is 18.7 Å². The number of halogens is 1. The number of carbonyl (C=O) groups is 2. The maximum Gasteiger partial charge on any atom is 0.410 e. The fraction of sp³-hybridized carbons (Fsp3) is 0.529. The Morgan fingerprint density at radius 3 is 2.70 bits per heavy atom. The fourth-order valence-corrected chi connectivity index (χ4v) is 2.52. The Morgan fingerprint density at radius 1 is 1.35 bits per heavy atom. The molecule has 1 N–H and O–H groups in total. The summed E-state index contributed by atoms with van der Waals surface area (Å²) in [6.45, 7) is 5.95. The molecule has 23 heavy (non-hydrogen) atoms. The molecule has 1 aromatic rings. The molecular formula is C17H23FN2O3. The van der Waals surface area contributed by atoms with Crippen LogP contribution >= 0.6 is 0 Å². The van der Waals surface area contributed by atoms with Gasteiger partial charge in [-0.05, 0) is 39.7 Å². The third-order valence-corrected chi connectivity index (χ3v) is 3.59. The molecular weight excluding hydrogens is 299 g/mol. The van der Waals surface area contributed by atoms with Crippen LogP contribution in [0.3, 0.4) is 0 Å². The van der Waals surface area contributed by atoms with E-state index in [1.807, 2.05) is 0 Å². The van der Waals surface area contributed by atoms with E-state index in [9.17, 15) is 14.0 Å². The maximum atomic E-state index is 13.6. The third-order valence-electron chi connectivity index (χ3n) is 3.59. The summed E-state index contributed by atoms with van der Waals surface area (Å²) < 4.78 is 18.9. The summed E-state index contributed by atoms with van der Waals surface area (Å²) in [5, 5.41) is 2.70. The summed E-state index contributed by atoms with van der Waals surface area (Å²) >= 11 is 0. The largest absolute Gasteiger partial charge is 0.444 e. The lowest BCUT2D eigenvalue weighted by Crippen LogP contribution is -2.47. The van der Waals surface area contributed by atoms with Crippen molar-refractivity contribution < 1.29 is 18.7 Å². The van der Waals surface area contributed by atoms with Crippen LogP contribution in [0, 0.1) is 5.82 Å². The van der Waals surface area contributed by atoms with Gasteiger partial charge in [0.1, 0.15) is 17.5 Å². The number of amides is 2. The number of rotatable bonds is 3. The predicted octanol–water partition coefficient (Wildman–Crippen LogP) is 2.84. The molecule has 0 unspecified atom stereocenters. The van der Waals surface area contributed by atoms with Crippen LogP contribution in [0.5, 0.6) is 0 Å². The van der Waals surface area contributed by atoms with Gasteiger partial charge in [-0.15, -0.1) is 0 Å². The Balaban J connectivity index is 1.95. The first-order chi connectivity index (χ1) is 10.8. The highest BCUT2D eigenvalue weighted by Crippen LogP contribution is 2.21. The van der Waals surface area contributed by atoms with Gasteiger partial charge in [0.05, 0.1) is 0 Å². The first kappa shape index (κ1) is 17.2. The zero-order valence-electron chi connectivity index (χ0n) is 13.8. The minimum Gasteiger partial charge on any atom is -0.444 e. The molecule has 1 aliphatic heterocycles. The molecule has 5 nitrogen and oxygen atoms in total. The van der Waals surface area contributed by atoms with Gasteiger partial charge in [0.2, 0.25) is 5.91 Å². The van der Waals surface area contributed by atoms with E-state index in [1.165, 1.54) is 11.0 Å². The van der Waals surface area contributed by atoms with Crippen molar-refractivity contribution in [1.82, 2.24) is 10.2 Å². The highest BCUT2D eigenvalue weighted by molar-refractivity contribution is 5.86. The van der Waals surface area contributed by atoms with E-state index in [4.69, 9.17) is 4.74 Å². The van der Waals surface area contributed by atoms with Crippen LogP contribution in [-0.4, -0.2) is 35.1 Å². The monoisotopic (exact) mass is 322 g/mol. The normalized spacial score (nSPS) is 17.9. The first-order valence-corrected chi connectivity index (χ1v) is 7.78. The van der Waals surface area contributed by atoms with Crippen molar-refractivity contribution in [3.05, 3.63) is 35.6 Å². The first-order valence-electron chi connectivity index (χ1n) is 7.78. The molecule has 126 valence electrons. The molecule has 1 heterocycles. The molecule has 1 saturated heterocycles. The number of benzene rings is 1. The zero-order chi connectivity index (χ0) is 17.0. The summed E-state index contributed by atoms with van der Waals surface area (Å²) in [5.41, 5.74) is -0.184. The van der Waals surface area contributed by atoms with Crippen molar-refractivity contribution in [2.24, 2.45) is 0 Å². The van der Waals surface area contributed by atoms with E-state index >= 15 is 0 Å². The van der Waals surface area contributed by atoms with Crippen LogP contribution in [0.15, 0.2) is 24.3 Å². The van der Waals surface area contributed by atoms with Gasteiger partial charge < -0.3 is 10.1 Å². The smallest absolute Gasteiger partial charge is 0.410 e. The summed E-state index contributed by atoms with van der Waals surface area (Å²) in [7, 11) is 0. The molecule has 0 aromatic heterocycles. The molecule has 1 aliphatic rings. The predicted molar refractivity (Wildman–Crippen MR) is 84.2 cm³/mol. The maximum absolute atomic E-state index is 13.6. The van der Waals surface area contributed by atoms with E-state index < -0.39 is 17.7 Å². The standard InChI is InChI=1S/C17H23FN2O3/c1-17(2,3)23-16(22)20-10-6-9-14(20)15(21)19-11-12-7-4-5-8-13(12)18/h4-5,7-8,14H,6,9-11H2,1-3H3,(H,19,21)/t14-/m1/s1. The number of likely N-dealkylation sites (tertiary alicyclic amines) is 1. The number of nitrogens with zero attached hydrogens (tertiary/aromatic N) is 1. The van der Waals surface area contributed by atoms with Crippen LogP contribution in [0.2, 0.25) is 0 Å². The lowest BCUT2D eigenvalue weighted by molar-refractivity contribution is -0.125. The average molecular weight is 322 g/mol. The van der Waals surface area contributed by atoms with Gasteiger partial charge in [-0.25, -0.2) is 9.18 Å². The minimum atomic E-state index is -0.603. The fourth-order valence-electron chi connectivity index (χ4n) is 2.52. The number of hydrogen-bond donors (Lipinski definition) is 1. The Hall–Kier alpha value is -2.11. The highest BCUT2D eigenvalue weighted by atomic mass is 19.1. The summed E-state index contributed by atoms with van der Waals surface area (Å²) in [6.07, 6.45) is 0.848. The SMILES string of the molecule is CC(C)(C)OC(=O)N1CCC[C@@H]1C(=O)NCc1ccccc1F.